The Morgan fingerprint density at radius 2 is 1.88 bits per heavy atom. The molecule has 2 N–H and O–H groups in total. The third kappa shape index (κ3) is 6.13. The van der Waals surface area contributed by atoms with Gasteiger partial charge in [0.15, 0.2) is 5.96 Å². The molecule has 3 aliphatic rings. The van der Waals surface area contributed by atoms with E-state index in [0.29, 0.717) is 25.7 Å². The maximum Gasteiger partial charge on any atom is 0.215 e. The molecule has 1 saturated heterocycles. The molecule has 2 saturated carbocycles. The molecule has 152 valence electrons. The first-order valence-corrected chi connectivity index (χ1v) is 12.4. The van der Waals surface area contributed by atoms with Gasteiger partial charge < -0.3 is 10.6 Å². The van der Waals surface area contributed by atoms with Crippen LogP contribution in [0.15, 0.2) is 4.99 Å². The number of thioether (sulfide) groups is 1. The Morgan fingerprint density at radius 3 is 2.62 bits per heavy atom. The molecule has 0 aromatic heterocycles. The lowest BCUT2D eigenvalue weighted by molar-refractivity contribution is 0.239. The predicted molar refractivity (Wildman–Crippen MR) is 121 cm³/mol. The third-order valence-corrected chi connectivity index (χ3v) is 8.68. The summed E-state index contributed by atoms with van der Waals surface area (Å²) < 4.78 is 26.4. The zero-order valence-electron chi connectivity index (χ0n) is 15.7. The highest BCUT2D eigenvalue weighted by atomic mass is 127. The van der Waals surface area contributed by atoms with Gasteiger partial charge in [-0.3, -0.25) is 4.99 Å². The Bertz CT molecular complexity index is 567. The van der Waals surface area contributed by atoms with Crippen molar-refractivity contribution in [2.24, 2.45) is 16.8 Å². The Balaban J connectivity index is 0.00000243. The number of hydrogen-bond acceptors (Lipinski definition) is 4. The second-order valence-corrected chi connectivity index (χ2v) is 10.7. The van der Waals surface area contributed by atoms with Gasteiger partial charge in [0.1, 0.15) is 0 Å². The van der Waals surface area contributed by atoms with Gasteiger partial charge in [0.2, 0.25) is 10.0 Å². The SMILES string of the molecule is CN=C(NCCS(=O)(=O)N1CCSCC1)NC1CCC2CCCC2C1.I. The maximum absolute atomic E-state index is 12.4. The summed E-state index contributed by atoms with van der Waals surface area (Å²) in [6, 6.07) is 0.473. The first-order valence-electron chi connectivity index (χ1n) is 9.61. The van der Waals surface area contributed by atoms with Gasteiger partial charge in [-0.05, 0) is 31.1 Å². The highest BCUT2D eigenvalue weighted by Crippen LogP contribution is 2.41. The van der Waals surface area contributed by atoms with Crippen LogP contribution in [0.3, 0.4) is 0 Å². The lowest BCUT2D eigenvalue weighted by Crippen LogP contribution is -2.48. The highest BCUT2D eigenvalue weighted by Gasteiger charge is 2.34. The Labute approximate surface area is 179 Å². The second kappa shape index (κ2) is 10.7. The van der Waals surface area contributed by atoms with Gasteiger partial charge in [0.25, 0.3) is 0 Å². The van der Waals surface area contributed by atoms with Crippen LogP contribution < -0.4 is 10.6 Å². The second-order valence-electron chi connectivity index (χ2n) is 7.43. The van der Waals surface area contributed by atoms with E-state index in [9.17, 15) is 8.42 Å². The minimum absolute atomic E-state index is 0. The summed E-state index contributed by atoms with van der Waals surface area (Å²) >= 11 is 1.82. The van der Waals surface area contributed by atoms with Gasteiger partial charge in [0.05, 0.1) is 5.75 Å². The van der Waals surface area contributed by atoms with Crippen molar-refractivity contribution in [3.8, 4) is 0 Å². The van der Waals surface area contributed by atoms with E-state index in [2.05, 4.69) is 15.6 Å². The quantitative estimate of drug-likeness (QED) is 0.333. The van der Waals surface area contributed by atoms with Gasteiger partial charge in [0, 0.05) is 44.2 Å². The molecule has 3 fully saturated rings. The molecule has 3 unspecified atom stereocenters. The minimum Gasteiger partial charge on any atom is -0.355 e. The summed E-state index contributed by atoms with van der Waals surface area (Å²) in [6.45, 7) is 1.69. The fourth-order valence-corrected chi connectivity index (χ4v) is 6.97. The molecule has 0 bridgehead atoms. The molecule has 26 heavy (non-hydrogen) atoms. The standard InChI is InChI=1S/C17H32N4O2S2.HI/c1-18-17(20-16-6-5-14-3-2-4-15(14)13-16)19-7-12-25(22,23)21-8-10-24-11-9-21;/h14-16H,2-13H2,1H3,(H2,18,19,20);1H. The maximum atomic E-state index is 12.4. The number of halogens is 1. The van der Waals surface area contributed by atoms with E-state index in [1.807, 2.05) is 11.8 Å². The van der Waals surface area contributed by atoms with Crippen molar-refractivity contribution in [2.45, 2.75) is 44.6 Å². The fraction of sp³-hybridized carbons (Fsp3) is 0.941. The monoisotopic (exact) mass is 516 g/mol. The molecular formula is C17H33IN4O2S2. The van der Waals surface area contributed by atoms with Crippen molar-refractivity contribution < 1.29 is 8.42 Å². The first kappa shape index (κ1) is 22.5. The average Bonchev–Trinajstić information content (AvgIpc) is 3.09. The van der Waals surface area contributed by atoms with E-state index < -0.39 is 10.0 Å². The van der Waals surface area contributed by atoms with Gasteiger partial charge >= 0.3 is 0 Å². The largest absolute Gasteiger partial charge is 0.355 e. The van der Waals surface area contributed by atoms with E-state index in [-0.39, 0.29) is 29.7 Å². The van der Waals surface area contributed by atoms with Crippen molar-refractivity contribution in [3.63, 3.8) is 0 Å². The van der Waals surface area contributed by atoms with Crippen molar-refractivity contribution >= 4 is 51.7 Å². The van der Waals surface area contributed by atoms with E-state index in [1.165, 1.54) is 38.5 Å². The summed E-state index contributed by atoms with van der Waals surface area (Å²) in [5.74, 6) is 4.50. The predicted octanol–water partition coefficient (Wildman–Crippen LogP) is 2.12. The number of sulfonamides is 1. The van der Waals surface area contributed by atoms with Crippen molar-refractivity contribution in [3.05, 3.63) is 0 Å². The van der Waals surface area contributed by atoms with Crippen molar-refractivity contribution in [1.29, 1.82) is 0 Å². The zero-order valence-corrected chi connectivity index (χ0v) is 19.6. The number of aliphatic imine (C=N–C) groups is 1. The first-order chi connectivity index (χ1) is 12.1. The van der Waals surface area contributed by atoms with Crippen LogP contribution in [0.2, 0.25) is 0 Å². The topological polar surface area (TPSA) is 73.8 Å². The summed E-state index contributed by atoms with van der Waals surface area (Å²) in [5.41, 5.74) is 0. The van der Waals surface area contributed by atoms with Crippen LogP contribution in [-0.2, 0) is 10.0 Å². The molecule has 2 aliphatic carbocycles. The molecule has 9 heteroatoms. The molecule has 3 rings (SSSR count). The Hall–Kier alpha value is 0.260. The molecule has 0 amide bonds. The van der Waals surface area contributed by atoms with Gasteiger partial charge in [-0.15, -0.1) is 24.0 Å². The van der Waals surface area contributed by atoms with Crippen LogP contribution in [-0.4, -0.2) is 68.7 Å². The molecule has 6 nitrogen and oxygen atoms in total. The summed E-state index contributed by atoms with van der Waals surface area (Å²) in [6.07, 6.45) is 7.93. The van der Waals surface area contributed by atoms with Crippen molar-refractivity contribution in [2.75, 3.05) is 43.9 Å². The lowest BCUT2D eigenvalue weighted by Gasteiger charge is -2.33. The van der Waals surface area contributed by atoms with E-state index in [4.69, 9.17) is 0 Å². The Morgan fingerprint density at radius 1 is 1.15 bits per heavy atom. The molecule has 3 atom stereocenters. The number of rotatable bonds is 5. The van der Waals surface area contributed by atoms with E-state index >= 15 is 0 Å². The fourth-order valence-electron chi connectivity index (χ4n) is 4.47. The van der Waals surface area contributed by atoms with Crippen molar-refractivity contribution in [1.82, 2.24) is 14.9 Å². The smallest absolute Gasteiger partial charge is 0.215 e. The zero-order chi connectivity index (χ0) is 17.7. The molecule has 0 aromatic carbocycles. The molecule has 0 radical (unpaired) electrons. The third-order valence-electron chi connectivity index (χ3n) is 5.87. The van der Waals surface area contributed by atoms with Gasteiger partial charge in [-0.25, -0.2) is 12.7 Å². The highest BCUT2D eigenvalue weighted by molar-refractivity contribution is 14.0. The number of fused-ring (bicyclic) bond motifs is 1. The molecule has 1 aliphatic heterocycles. The average molecular weight is 517 g/mol. The van der Waals surface area contributed by atoms with E-state index in [1.54, 1.807) is 11.4 Å². The van der Waals surface area contributed by atoms with Gasteiger partial charge in [-0.1, -0.05) is 19.3 Å². The summed E-state index contributed by atoms with van der Waals surface area (Å²) in [5, 5.41) is 6.71. The normalized spacial score (nSPS) is 30.3. The number of nitrogens with one attached hydrogen (secondary N) is 2. The van der Waals surface area contributed by atoms with Crippen LogP contribution in [0, 0.1) is 11.8 Å². The Kier molecular flexibility index (Phi) is 9.29. The molecular weight excluding hydrogens is 483 g/mol. The summed E-state index contributed by atoms with van der Waals surface area (Å²) in [7, 11) is -1.40. The van der Waals surface area contributed by atoms with Gasteiger partial charge in [-0.2, -0.15) is 11.8 Å². The minimum atomic E-state index is -3.16. The summed E-state index contributed by atoms with van der Waals surface area (Å²) in [4.78, 5) is 4.28. The van der Waals surface area contributed by atoms with Crippen LogP contribution in [0.25, 0.3) is 0 Å². The lowest BCUT2D eigenvalue weighted by atomic mass is 9.79. The van der Waals surface area contributed by atoms with Crippen LogP contribution >= 0.6 is 35.7 Å². The van der Waals surface area contributed by atoms with Crippen LogP contribution in [0.4, 0.5) is 0 Å². The number of nitrogens with zero attached hydrogens (tertiary/aromatic N) is 2. The number of guanidine groups is 1. The molecule has 1 heterocycles. The number of hydrogen-bond donors (Lipinski definition) is 2. The molecule has 0 spiro atoms. The van der Waals surface area contributed by atoms with Crippen LogP contribution in [0.5, 0.6) is 0 Å². The molecule has 0 aromatic rings. The van der Waals surface area contributed by atoms with Crippen LogP contribution in [0.1, 0.15) is 38.5 Å². The van der Waals surface area contributed by atoms with E-state index in [0.717, 1.165) is 29.3 Å².